The summed E-state index contributed by atoms with van der Waals surface area (Å²) >= 11 is 1.44. The summed E-state index contributed by atoms with van der Waals surface area (Å²) in [5.74, 6) is 0.890. The standard InChI is InChI=1S/C22H21FN6O2S/c1-13-18(14(2)29-21(26-13)27-22(28-29)32-3)11-19(30)25-12-15-8-9-24-20(10-15)31-17-6-4-16(23)5-7-17/h4-10H,11-12H2,1-3H3,(H,25,30). The molecule has 3 heterocycles. The van der Waals surface area contributed by atoms with E-state index >= 15 is 0 Å². The molecular weight excluding hydrogens is 431 g/mol. The monoisotopic (exact) mass is 452 g/mol. The number of rotatable bonds is 7. The lowest BCUT2D eigenvalue weighted by molar-refractivity contribution is -0.120. The first-order valence-electron chi connectivity index (χ1n) is 9.85. The number of nitrogens with zero attached hydrogens (tertiary/aromatic N) is 5. The van der Waals surface area contributed by atoms with E-state index in [1.807, 2.05) is 20.1 Å². The van der Waals surface area contributed by atoms with Crippen LogP contribution in [0.4, 0.5) is 4.39 Å². The smallest absolute Gasteiger partial charge is 0.253 e. The Hall–Kier alpha value is -3.53. The van der Waals surface area contributed by atoms with Crippen LogP contribution in [0.2, 0.25) is 0 Å². The molecule has 0 bridgehead atoms. The van der Waals surface area contributed by atoms with Crippen molar-refractivity contribution in [3.05, 3.63) is 70.9 Å². The zero-order valence-corrected chi connectivity index (χ0v) is 18.6. The first-order chi connectivity index (χ1) is 15.4. The Morgan fingerprint density at radius 3 is 2.72 bits per heavy atom. The van der Waals surface area contributed by atoms with Crippen molar-refractivity contribution in [1.82, 2.24) is 29.9 Å². The average molecular weight is 453 g/mol. The van der Waals surface area contributed by atoms with Gasteiger partial charge in [-0.2, -0.15) is 4.98 Å². The fourth-order valence-electron chi connectivity index (χ4n) is 3.20. The second kappa shape index (κ2) is 9.31. The van der Waals surface area contributed by atoms with Gasteiger partial charge in [0, 0.05) is 35.8 Å². The number of aryl methyl sites for hydroxylation is 2. The topological polar surface area (TPSA) is 94.3 Å². The van der Waals surface area contributed by atoms with Crippen LogP contribution >= 0.6 is 11.8 Å². The second-order valence-corrected chi connectivity index (χ2v) is 7.86. The van der Waals surface area contributed by atoms with Crippen molar-refractivity contribution in [3.8, 4) is 11.6 Å². The number of amides is 1. The van der Waals surface area contributed by atoms with Crippen molar-refractivity contribution in [2.75, 3.05) is 6.26 Å². The number of ether oxygens (including phenoxy) is 1. The van der Waals surface area contributed by atoms with Crippen LogP contribution in [0.15, 0.2) is 47.8 Å². The van der Waals surface area contributed by atoms with Gasteiger partial charge in [0.1, 0.15) is 11.6 Å². The SMILES string of the molecule is CSc1nc2nc(C)c(CC(=O)NCc3ccnc(Oc4ccc(F)cc4)c3)c(C)n2n1. The maximum absolute atomic E-state index is 13.0. The summed E-state index contributed by atoms with van der Waals surface area (Å²) in [6.45, 7) is 4.09. The molecule has 0 aliphatic rings. The molecule has 8 nitrogen and oxygen atoms in total. The third kappa shape index (κ3) is 4.86. The predicted octanol–water partition coefficient (Wildman–Crippen LogP) is 3.65. The summed E-state index contributed by atoms with van der Waals surface area (Å²) < 4.78 is 20.4. The number of hydrogen-bond acceptors (Lipinski definition) is 7. The molecule has 10 heteroatoms. The molecular formula is C22H21FN6O2S. The molecule has 0 atom stereocenters. The molecule has 32 heavy (non-hydrogen) atoms. The minimum Gasteiger partial charge on any atom is -0.439 e. The number of benzene rings is 1. The largest absolute Gasteiger partial charge is 0.439 e. The zero-order valence-electron chi connectivity index (χ0n) is 17.8. The van der Waals surface area contributed by atoms with Crippen molar-refractivity contribution in [2.45, 2.75) is 32.0 Å². The van der Waals surface area contributed by atoms with Gasteiger partial charge in [0.25, 0.3) is 5.78 Å². The highest BCUT2D eigenvalue weighted by atomic mass is 32.2. The molecule has 0 spiro atoms. The van der Waals surface area contributed by atoms with Gasteiger partial charge in [-0.3, -0.25) is 4.79 Å². The number of halogens is 1. The Kier molecular flexibility index (Phi) is 6.31. The van der Waals surface area contributed by atoms with Gasteiger partial charge >= 0.3 is 0 Å². The van der Waals surface area contributed by atoms with E-state index in [2.05, 4.69) is 25.4 Å². The average Bonchev–Trinajstić information content (AvgIpc) is 3.20. The number of fused-ring (bicyclic) bond motifs is 1. The lowest BCUT2D eigenvalue weighted by atomic mass is 10.1. The molecule has 0 fully saturated rings. The van der Waals surface area contributed by atoms with E-state index in [4.69, 9.17) is 4.74 Å². The minimum absolute atomic E-state index is 0.139. The Morgan fingerprint density at radius 1 is 1.19 bits per heavy atom. The van der Waals surface area contributed by atoms with Crippen LogP contribution in [-0.2, 0) is 17.8 Å². The van der Waals surface area contributed by atoms with Crippen molar-refractivity contribution in [1.29, 1.82) is 0 Å². The van der Waals surface area contributed by atoms with Crippen LogP contribution in [0.5, 0.6) is 11.6 Å². The predicted molar refractivity (Wildman–Crippen MR) is 118 cm³/mol. The molecule has 4 aromatic rings. The van der Waals surface area contributed by atoms with Crippen LogP contribution < -0.4 is 10.1 Å². The Bertz CT molecular complexity index is 1280. The molecule has 0 saturated heterocycles. The summed E-state index contributed by atoms with van der Waals surface area (Å²) in [7, 11) is 0. The number of nitrogens with one attached hydrogen (secondary N) is 1. The molecule has 1 aromatic carbocycles. The fraction of sp³-hybridized carbons (Fsp3) is 0.227. The van der Waals surface area contributed by atoms with Crippen molar-refractivity contribution >= 4 is 23.4 Å². The van der Waals surface area contributed by atoms with Crippen molar-refractivity contribution in [2.24, 2.45) is 0 Å². The molecule has 1 amide bonds. The minimum atomic E-state index is -0.338. The van der Waals surface area contributed by atoms with E-state index in [0.29, 0.717) is 29.1 Å². The molecule has 164 valence electrons. The van der Waals surface area contributed by atoms with Gasteiger partial charge in [0.15, 0.2) is 0 Å². The normalized spacial score (nSPS) is 11.0. The third-order valence-electron chi connectivity index (χ3n) is 4.87. The summed E-state index contributed by atoms with van der Waals surface area (Å²) in [6.07, 6.45) is 3.68. The number of pyridine rings is 1. The Morgan fingerprint density at radius 2 is 1.97 bits per heavy atom. The summed E-state index contributed by atoms with van der Waals surface area (Å²) in [5, 5.41) is 7.97. The molecule has 0 aliphatic carbocycles. The maximum atomic E-state index is 13.0. The first-order valence-corrected chi connectivity index (χ1v) is 11.1. The molecule has 0 saturated carbocycles. The molecule has 1 N–H and O–H groups in total. The van der Waals surface area contributed by atoms with E-state index in [-0.39, 0.29) is 18.1 Å². The maximum Gasteiger partial charge on any atom is 0.253 e. The fourth-order valence-corrected chi connectivity index (χ4v) is 3.53. The summed E-state index contributed by atoms with van der Waals surface area (Å²) in [5.41, 5.74) is 3.24. The van der Waals surface area contributed by atoms with Crippen LogP contribution in [0.3, 0.4) is 0 Å². The van der Waals surface area contributed by atoms with Gasteiger partial charge in [-0.25, -0.2) is 18.9 Å². The van der Waals surface area contributed by atoms with Gasteiger partial charge in [-0.15, -0.1) is 5.10 Å². The van der Waals surface area contributed by atoms with E-state index in [9.17, 15) is 9.18 Å². The summed E-state index contributed by atoms with van der Waals surface area (Å²) in [4.78, 5) is 25.6. The zero-order chi connectivity index (χ0) is 22.7. The summed E-state index contributed by atoms with van der Waals surface area (Å²) in [6, 6.07) is 9.21. The van der Waals surface area contributed by atoms with Gasteiger partial charge in [-0.05, 0) is 56.0 Å². The number of carbonyl (C=O) groups excluding carboxylic acids is 1. The van der Waals surface area contributed by atoms with Crippen LogP contribution in [0, 0.1) is 19.7 Å². The van der Waals surface area contributed by atoms with Crippen LogP contribution in [-0.4, -0.2) is 36.7 Å². The van der Waals surface area contributed by atoms with Gasteiger partial charge in [0.05, 0.1) is 6.42 Å². The molecule has 0 unspecified atom stereocenters. The van der Waals surface area contributed by atoms with Crippen molar-refractivity contribution in [3.63, 3.8) is 0 Å². The molecule has 3 aromatic heterocycles. The van der Waals surface area contributed by atoms with Gasteiger partial charge < -0.3 is 10.1 Å². The highest BCUT2D eigenvalue weighted by Crippen LogP contribution is 2.20. The molecule has 0 radical (unpaired) electrons. The lowest BCUT2D eigenvalue weighted by Gasteiger charge is -2.11. The quantitative estimate of drug-likeness (QED) is 0.428. The first kappa shape index (κ1) is 21.7. The highest BCUT2D eigenvalue weighted by molar-refractivity contribution is 7.98. The third-order valence-corrected chi connectivity index (χ3v) is 5.41. The number of carbonyl (C=O) groups is 1. The van der Waals surface area contributed by atoms with E-state index < -0.39 is 0 Å². The molecule has 0 aliphatic heterocycles. The van der Waals surface area contributed by atoms with E-state index in [0.717, 1.165) is 22.5 Å². The number of hydrogen-bond donors (Lipinski definition) is 1. The van der Waals surface area contributed by atoms with E-state index in [1.54, 1.807) is 22.8 Å². The van der Waals surface area contributed by atoms with Gasteiger partial charge in [0.2, 0.25) is 16.9 Å². The lowest BCUT2D eigenvalue weighted by Crippen LogP contribution is -2.26. The van der Waals surface area contributed by atoms with Gasteiger partial charge in [-0.1, -0.05) is 11.8 Å². The Balaban J connectivity index is 1.41. The van der Waals surface area contributed by atoms with Crippen LogP contribution in [0.25, 0.3) is 5.78 Å². The van der Waals surface area contributed by atoms with Crippen LogP contribution in [0.1, 0.15) is 22.5 Å². The number of aromatic nitrogens is 5. The molecule has 4 rings (SSSR count). The number of thioether (sulfide) groups is 1. The Labute approximate surface area is 188 Å². The van der Waals surface area contributed by atoms with E-state index in [1.165, 1.54) is 36.0 Å². The van der Waals surface area contributed by atoms with Crippen molar-refractivity contribution < 1.29 is 13.9 Å². The highest BCUT2D eigenvalue weighted by Gasteiger charge is 2.16. The second-order valence-electron chi connectivity index (χ2n) is 7.08.